The second-order valence-electron chi connectivity index (χ2n) is 7.88. The molecule has 1 aromatic heterocycles. The Morgan fingerprint density at radius 3 is 2.70 bits per heavy atom. The number of nitrogens with zero attached hydrogens (tertiary/aromatic N) is 3. The minimum absolute atomic E-state index is 0.109. The highest BCUT2D eigenvalue weighted by Crippen LogP contribution is 2.26. The summed E-state index contributed by atoms with van der Waals surface area (Å²) in [5.41, 5.74) is 4.23. The average molecular weight is 403 g/mol. The number of rotatable bonds is 5. The van der Waals surface area contributed by atoms with Gasteiger partial charge in [0.25, 0.3) is 0 Å². The highest BCUT2D eigenvalue weighted by atomic mass is 16.5. The number of hydrogen-bond donors (Lipinski definition) is 0. The molecule has 3 aromatic rings. The summed E-state index contributed by atoms with van der Waals surface area (Å²) in [7, 11) is 0. The van der Waals surface area contributed by atoms with E-state index < -0.39 is 0 Å². The first-order valence-electron chi connectivity index (χ1n) is 10.5. The van der Waals surface area contributed by atoms with Crippen molar-refractivity contribution in [2.24, 2.45) is 0 Å². The van der Waals surface area contributed by atoms with Gasteiger partial charge in [0.2, 0.25) is 11.8 Å². The van der Waals surface area contributed by atoms with E-state index in [9.17, 15) is 4.79 Å². The molecule has 1 saturated heterocycles. The molecule has 3 heterocycles. The van der Waals surface area contributed by atoms with E-state index in [0.29, 0.717) is 11.6 Å². The van der Waals surface area contributed by atoms with E-state index in [1.165, 1.54) is 11.1 Å². The maximum absolute atomic E-state index is 12.7. The van der Waals surface area contributed by atoms with Crippen LogP contribution in [0, 0.1) is 0 Å². The molecule has 1 fully saturated rings. The van der Waals surface area contributed by atoms with Crippen LogP contribution in [0.4, 0.5) is 0 Å². The van der Waals surface area contributed by atoms with Gasteiger partial charge in [-0.25, -0.2) is 4.98 Å². The Hall–Kier alpha value is -3.12. The molecule has 30 heavy (non-hydrogen) atoms. The first-order chi connectivity index (χ1) is 14.7. The number of aromatic nitrogens is 1. The molecule has 0 radical (unpaired) electrons. The van der Waals surface area contributed by atoms with Crippen molar-refractivity contribution < 1.29 is 13.9 Å². The minimum Gasteiger partial charge on any atom is -0.493 e. The molecular weight excluding hydrogens is 378 g/mol. The Labute approximate surface area is 176 Å². The number of piperazine rings is 1. The van der Waals surface area contributed by atoms with Gasteiger partial charge < -0.3 is 14.1 Å². The zero-order valence-corrected chi connectivity index (χ0v) is 16.9. The first kappa shape index (κ1) is 18.9. The third-order valence-electron chi connectivity index (χ3n) is 5.79. The third-order valence-corrected chi connectivity index (χ3v) is 5.79. The lowest BCUT2D eigenvalue weighted by atomic mass is 10.1. The van der Waals surface area contributed by atoms with Crippen LogP contribution >= 0.6 is 0 Å². The Bertz CT molecular complexity index is 1020. The minimum atomic E-state index is 0.109. The van der Waals surface area contributed by atoms with Crippen molar-refractivity contribution in [1.82, 2.24) is 14.8 Å². The summed E-state index contributed by atoms with van der Waals surface area (Å²) in [4.78, 5) is 21.5. The largest absolute Gasteiger partial charge is 0.493 e. The van der Waals surface area contributed by atoms with Gasteiger partial charge in [0.05, 0.1) is 18.7 Å². The van der Waals surface area contributed by atoms with Crippen LogP contribution in [-0.4, -0.2) is 53.5 Å². The Morgan fingerprint density at radius 2 is 1.87 bits per heavy atom. The summed E-state index contributed by atoms with van der Waals surface area (Å²) in [6, 6.07) is 16.2. The molecule has 0 N–H and O–H groups in total. The highest BCUT2D eigenvalue weighted by Gasteiger charge is 2.23. The number of amides is 1. The average Bonchev–Trinajstić information content (AvgIpc) is 3.44. The summed E-state index contributed by atoms with van der Waals surface area (Å²) >= 11 is 0. The summed E-state index contributed by atoms with van der Waals surface area (Å²) in [6.07, 6.45) is 2.87. The lowest BCUT2D eigenvalue weighted by molar-refractivity contribution is -0.132. The van der Waals surface area contributed by atoms with Crippen LogP contribution in [0.3, 0.4) is 0 Å². The van der Waals surface area contributed by atoms with E-state index >= 15 is 0 Å². The Kier molecular flexibility index (Phi) is 5.24. The molecule has 2 aromatic carbocycles. The second kappa shape index (κ2) is 8.32. The molecular formula is C24H25N3O3. The van der Waals surface area contributed by atoms with Crippen LogP contribution in [0.5, 0.6) is 5.75 Å². The number of carbonyl (C=O) groups is 1. The molecule has 1 amide bonds. The van der Waals surface area contributed by atoms with Crippen LogP contribution in [0.15, 0.2) is 59.2 Å². The number of oxazole rings is 1. The number of benzene rings is 2. The molecule has 6 nitrogen and oxygen atoms in total. The fourth-order valence-corrected chi connectivity index (χ4v) is 4.12. The molecule has 5 rings (SSSR count). The second-order valence-corrected chi connectivity index (χ2v) is 7.88. The van der Waals surface area contributed by atoms with E-state index in [1.54, 1.807) is 6.26 Å². The topological polar surface area (TPSA) is 58.8 Å². The molecule has 0 aliphatic carbocycles. The molecule has 2 aliphatic heterocycles. The van der Waals surface area contributed by atoms with Crippen LogP contribution < -0.4 is 4.74 Å². The van der Waals surface area contributed by atoms with Gasteiger partial charge in [-0.3, -0.25) is 9.69 Å². The fourth-order valence-electron chi connectivity index (χ4n) is 4.12. The number of carbonyl (C=O) groups excluding carboxylic acids is 1. The van der Waals surface area contributed by atoms with Gasteiger partial charge in [-0.15, -0.1) is 0 Å². The van der Waals surface area contributed by atoms with E-state index in [-0.39, 0.29) is 12.3 Å². The van der Waals surface area contributed by atoms with Crippen LogP contribution in [-0.2, 0) is 24.2 Å². The molecule has 6 heteroatoms. The standard InChI is InChI=1S/C24H25N3O3/c28-23(15-21-17-30-24(25-21)19-4-2-1-3-5-19)27-11-9-26(10-12-27)16-18-6-7-22-20(14-18)8-13-29-22/h1-7,14,17H,8-13,15-16H2. The number of hydrogen-bond acceptors (Lipinski definition) is 5. The predicted octanol–water partition coefficient (Wildman–Crippen LogP) is 3.16. The Morgan fingerprint density at radius 1 is 1.03 bits per heavy atom. The van der Waals surface area contributed by atoms with E-state index in [1.807, 2.05) is 35.2 Å². The third kappa shape index (κ3) is 4.09. The van der Waals surface area contributed by atoms with Crippen LogP contribution in [0.25, 0.3) is 11.5 Å². The van der Waals surface area contributed by atoms with Gasteiger partial charge in [-0.05, 0) is 29.3 Å². The van der Waals surface area contributed by atoms with Crippen molar-refractivity contribution in [2.45, 2.75) is 19.4 Å². The maximum Gasteiger partial charge on any atom is 0.228 e. The first-order valence-corrected chi connectivity index (χ1v) is 10.5. The summed E-state index contributed by atoms with van der Waals surface area (Å²) in [5, 5.41) is 0. The normalized spacial score (nSPS) is 16.3. The SMILES string of the molecule is O=C(Cc1coc(-c2ccccc2)n1)N1CCN(Cc2ccc3c(c2)CCO3)CC1. The fraction of sp³-hybridized carbons (Fsp3) is 0.333. The molecule has 2 aliphatic rings. The molecule has 0 saturated carbocycles. The lowest BCUT2D eigenvalue weighted by Crippen LogP contribution is -2.48. The van der Waals surface area contributed by atoms with Gasteiger partial charge in [0.15, 0.2) is 0 Å². The van der Waals surface area contributed by atoms with E-state index in [2.05, 4.69) is 28.1 Å². The maximum atomic E-state index is 12.7. The smallest absolute Gasteiger partial charge is 0.228 e. The van der Waals surface area contributed by atoms with E-state index in [0.717, 1.165) is 57.1 Å². The van der Waals surface area contributed by atoms with Gasteiger partial charge in [-0.2, -0.15) is 0 Å². The van der Waals surface area contributed by atoms with Crippen molar-refractivity contribution in [3.8, 4) is 17.2 Å². The zero-order valence-electron chi connectivity index (χ0n) is 16.9. The van der Waals surface area contributed by atoms with Crippen LogP contribution in [0.1, 0.15) is 16.8 Å². The summed E-state index contributed by atoms with van der Waals surface area (Å²) < 4.78 is 11.1. The van der Waals surface area contributed by atoms with Crippen molar-refractivity contribution in [3.05, 3.63) is 71.6 Å². The quantitative estimate of drug-likeness (QED) is 0.655. The monoisotopic (exact) mass is 403 g/mol. The molecule has 154 valence electrons. The molecule has 0 spiro atoms. The Balaban J connectivity index is 1.13. The number of ether oxygens (including phenoxy) is 1. The van der Waals surface area contributed by atoms with Crippen molar-refractivity contribution in [1.29, 1.82) is 0 Å². The van der Waals surface area contributed by atoms with Gasteiger partial charge >= 0.3 is 0 Å². The molecule has 0 atom stereocenters. The van der Waals surface area contributed by atoms with Gasteiger partial charge in [-0.1, -0.05) is 30.3 Å². The van der Waals surface area contributed by atoms with Gasteiger partial charge in [0, 0.05) is 44.7 Å². The van der Waals surface area contributed by atoms with Crippen LogP contribution in [0.2, 0.25) is 0 Å². The predicted molar refractivity (Wildman–Crippen MR) is 113 cm³/mol. The molecule has 0 unspecified atom stereocenters. The van der Waals surface area contributed by atoms with Crippen molar-refractivity contribution >= 4 is 5.91 Å². The lowest BCUT2D eigenvalue weighted by Gasteiger charge is -2.34. The summed E-state index contributed by atoms with van der Waals surface area (Å²) in [5.74, 6) is 1.69. The summed E-state index contributed by atoms with van der Waals surface area (Å²) in [6.45, 7) is 4.96. The molecule has 0 bridgehead atoms. The zero-order chi connectivity index (χ0) is 20.3. The highest BCUT2D eigenvalue weighted by molar-refractivity contribution is 5.78. The van der Waals surface area contributed by atoms with Gasteiger partial charge in [0.1, 0.15) is 12.0 Å². The number of fused-ring (bicyclic) bond motifs is 1. The van der Waals surface area contributed by atoms with E-state index in [4.69, 9.17) is 9.15 Å². The van der Waals surface area contributed by atoms with Crippen molar-refractivity contribution in [2.75, 3.05) is 32.8 Å². The van der Waals surface area contributed by atoms with Crippen molar-refractivity contribution in [3.63, 3.8) is 0 Å².